The van der Waals surface area contributed by atoms with Crippen LogP contribution in [-0.2, 0) is 12.8 Å². The molecule has 1 aliphatic carbocycles. The number of hydrogen-bond donors (Lipinski definition) is 1. The SMILES string of the molecule is CCCC(CCCCC(O)=C1CC1)Cc1ccc(CC)cc1. The lowest BCUT2D eigenvalue weighted by atomic mass is 9.89. The van der Waals surface area contributed by atoms with Gasteiger partial charge in [-0.15, -0.1) is 0 Å². The predicted molar refractivity (Wildman–Crippen MR) is 95.3 cm³/mol. The molecule has 0 bridgehead atoms. The monoisotopic (exact) mass is 300 g/mol. The van der Waals surface area contributed by atoms with Gasteiger partial charge in [-0.25, -0.2) is 0 Å². The third-order valence-electron chi connectivity index (χ3n) is 4.84. The first-order valence-corrected chi connectivity index (χ1v) is 9.20. The van der Waals surface area contributed by atoms with Crippen molar-refractivity contribution in [2.45, 2.75) is 78.1 Å². The van der Waals surface area contributed by atoms with E-state index in [1.54, 1.807) is 0 Å². The van der Waals surface area contributed by atoms with E-state index in [1.807, 2.05) is 0 Å². The molecule has 1 fully saturated rings. The number of aryl methyl sites for hydroxylation is 1. The van der Waals surface area contributed by atoms with E-state index >= 15 is 0 Å². The molecule has 2 rings (SSSR count). The largest absolute Gasteiger partial charge is 0.512 e. The van der Waals surface area contributed by atoms with Gasteiger partial charge in [0, 0.05) is 6.42 Å². The zero-order valence-electron chi connectivity index (χ0n) is 14.4. The molecule has 1 aromatic rings. The first kappa shape index (κ1) is 17.1. The minimum absolute atomic E-state index is 0.696. The summed E-state index contributed by atoms with van der Waals surface area (Å²) in [7, 11) is 0. The van der Waals surface area contributed by atoms with Gasteiger partial charge in [0.2, 0.25) is 0 Å². The van der Waals surface area contributed by atoms with Crippen LogP contribution in [0.3, 0.4) is 0 Å². The standard InChI is InChI=1S/C21H32O/c1-3-7-18(8-5-6-9-21(22)20-14-15-20)16-19-12-10-17(4-2)11-13-19/h10-13,18,22H,3-9,14-16H2,1-2H3. The Morgan fingerprint density at radius 2 is 1.68 bits per heavy atom. The summed E-state index contributed by atoms with van der Waals surface area (Å²) in [5.41, 5.74) is 4.22. The van der Waals surface area contributed by atoms with E-state index in [4.69, 9.17) is 0 Å². The molecule has 0 spiro atoms. The molecular weight excluding hydrogens is 268 g/mol. The molecule has 22 heavy (non-hydrogen) atoms. The Kier molecular flexibility index (Phi) is 7.02. The highest BCUT2D eigenvalue weighted by Gasteiger charge is 2.16. The summed E-state index contributed by atoms with van der Waals surface area (Å²) in [5.74, 6) is 1.50. The number of benzene rings is 1. The Hall–Kier alpha value is -1.24. The topological polar surface area (TPSA) is 20.2 Å². The fraction of sp³-hybridized carbons (Fsp3) is 0.619. The molecule has 1 aromatic carbocycles. The first-order chi connectivity index (χ1) is 10.7. The highest BCUT2D eigenvalue weighted by atomic mass is 16.3. The van der Waals surface area contributed by atoms with Crippen molar-refractivity contribution < 1.29 is 5.11 Å². The van der Waals surface area contributed by atoms with Crippen molar-refractivity contribution in [1.29, 1.82) is 0 Å². The van der Waals surface area contributed by atoms with Gasteiger partial charge in [-0.3, -0.25) is 0 Å². The predicted octanol–water partition coefficient (Wildman–Crippen LogP) is 6.37. The maximum Gasteiger partial charge on any atom is 0.0914 e. The molecule has 1 atom stereocenters. The molecule has 0 saturated heterocycles. The van der Waals surface area contributed by atoms with Gasteiger partial charge in [0.25, 0.3) is 0 Å². The summed E-state index contributed by atoms with van der Waals surface area (Å²) < 4.78 is 0. The Balaban J connectivity index is 1.74. The van der Waals surface area contributed by atoms with Crippen molar-refractivity contribution in [3.05, 3.63) is 46.7 Å². The molecule has 1 N–H and O–H groups in total. The van der Waals surface area contributed by atoms with Crippen LogP contribution in [0.5, 0.6) is 0 Å². The zero-order chi connectivity index (χ0) is 15.8. The summed E-state index contributed by atoms with van der Waals surface area (Å²) in [4.78, 5) is 0. The molecule has 0 amide bonds. The van der Waals surface area contributed by atoms with Crippen LogP contribution in [0.4, 0.5) is 0 Å². The molecule has 0 aromatic heterocycles. The van der Waals surface area contributed by atoms with Crippen LogP contribution < -0.4 is 0 Å². The summed E-state index contributed by atoms with van der Waals surface area (Å²) in [6.45, 7) is 4.50. The van der Waals surface area contributed by atoms with Gasteiger partial charge in [0.1, 0.15) is 0 Å². The lowest BCUT2D eigenvalue weighted by Crippen LogP contribution is -2.05. The van der Waals surface area contributed by atoms with Crippen LogP contribution in [0.2, 0.25) is 0 Å². The minimum atomic E-state index is 0.696. The molecule has 1 unspecified atom stereocenters. The van der Waals surface area contributed by atoms with Crippen LogP contribution in [0.15, 0.2) is 35.6 Å². The van der Waals surface area contributed by atoms with Gasteiger partial charge < -0.3 is 5.11 Å². The second-order valence-corrected chi connectivity index (χ2v) is 6.82. The Morgan fingerprint density at radius 1 is 1.00 bits per heavy atom. The van der Waals surface area contributed by atoms with Crippen LogP contribution in [0.25, 0.3) is 0 Å². The Labute approximate surface area is 136 Å². The number of rotatable bonds is 10. The Bertz CT molecular complexity index is 463. The van der Waals surface area contributed by atoms with Crippen LogP contribution >= 0.6 is 0 Å². The van der Waals surface area contributed by atoms with Gasteiger partial charge in [-0.05, 0) is 54.7 Å². The lowest BCUT2D eigenvalue weighted by molar-refractivity contribution is 0.367. The normalized spacial score (nSPS) is 14.9. The van der Waals surface area contributed by atoms with Crippen molar-refractivity contribution in [3.63, 3.8) is 0 Å². The number of allylic oxidation sites excluding steroid dienone is 2. The second-order valence-electron chi connectivity index (χ2n) is 6.82. The van der Waals surface area contributed by atoms with E-state index in [0.717, 1.165) is 38.0 Å². The maximum atomic E-state index is 9.82. The van der Waals surface area contributed by atoms with Crippen molar-refractivity contribution in [1.82, 2.24) is 0 Å². The van der Waals surface area contributed by atoms with Crippen molar-refractivity contribution in [2.24, 2.45) is 5.92 Å². The van der Waals surface area contributed by atoms with Gasteiger partial charge >= 0.3 is 0 Å². The molecule has 0 radical (unpaired) electrons. The smallest absolute Gasteiger partial charge is 0.0914 e. The molecule has 0 heterocycles. The summed E-state index contributed by atoms with van der Waals surface area (Å²) in [6, 6.07) is 9.17. The van der Waals surface area contributed by atoms with E-state index < -0.39 is 0 Å². The van der Waals surface area contributed by atoms with Crippen LogP contribution in [0, 0.1) is 5.92 Å². The molecule has 1 saturated carbocycles. The van der Waals surface area contributed by atoms with Gasteiger partial charge in [-0.1, -0.05) is 63.8 Å². The van der Waals surface area contributed by atoms with E-state index in [-0.39, 0.29) is 0 Å². The number of aliphatic hydroxyl groups excluding tert-OH is 1. The number of unbranched alkanes of at least 4 members (excludes halogenated alkanes) is 1. The van der Waals surface area contributed by atoms with E-state index in [2.05, 4.69) is 38.1 Å². The molecule has 1 aliphatic rings. The van der Waals surface area contributed by atoms with E-state index in [1.165, 1.54) is 48.8 Å². The van der Waals surface area contributed by atoms with Crippen molar-refractivity contribution in [3.8, 4) is 0 Å². The van der Waals surface area contributed by atoms with Gasteiger partial charge in [0.15, 0.2) is 0 Å². The van der Waals surface area contributed by atoms with E-state index in [0.29, 0.717) is 5.76 Å². The molecule has 122 valence electrons. The molecular formula is C21H32O. The second kappa shape index (κ2) is 9.02. The Morgan fingerprint density at radius 3 is 2.27 bits per heavy atom. The van der Waals surface area contributed by atoms with Crippen LogP contribution in [0.1, 0.15) is 76.3 Å². The summed E-state index contributed by atoms with van der Waals surface area (Å²) in [6.07, 6.45) is 11.8. The third-order valence-corrected chi connectivity index (χ3v) is 4.84. The average Bonchev–Trinajstić information content (AvgIpc) is 3.37. The average molecular weight is 300 g/mol. The van der Waals surface area contributed by atoms with Crippen molar-refractivity contribution in [2.75, 3.05) is 0 Å². The molecule has 1 nitrogen and oxygen atoms in total. The minimum Gasteiger partial charge on any atom is -0.512 e. The maximum absolute atomic E-state index is 9.82. The summed E-state index contributed by atoms with van der Waals surface area (Å²) >= 11 is 0. The highest BCUT2D eigenvalue weighted by molar-refractivity contribution is 5.23. The fourth-order valence-corrected chi connectivity index (χ4v) is 3.25. The van der Waals surface area contributed by atoms with Crippen LogP contribution in [-0.4, -0.2) is 5.11 Å². The van der Waals surface area contributed by atoms with E-state index in [9.17, 15) is 5.11 Å². The number of hydrogen-bond acceptors (Lipinski definition) is 1. The zero-order valence-corrected chi connectivity index (χ0v) is 14.4. The summed E-state index contributed by atoms with van der Waals surface area (Å²) in [5, 5.41) is 9.82. The first-order valence-electron chi connectivity index (χ1n) is 9.20. The third kappa shape index (κ3) is 5.87. The van der Waals surface area contributed by atoms with Crippen molar-refractivity contribution >= 4 is 0 Å². The lowest BCUT2D eigenvalue weighted by Gasteiger charge is -2.16. The van der Waals surface area contributed by atoms with Gasteiger partial charge in [-0.2, -0.15) is 0 Å². The molecule has 0 aliphatic heterocycles. The highest BCUT2D eigenvalue weighted by Crippen LogP contribution is 2.32. The fourth-order valence-electron chi connectivity index (χ4n) is 3.25. The quantitative estimate of drug-likeness (QED) is 0.393. The van der Waals surface area contributed by atoms with Gasteiger partial charge in [0.05, 0.1) is 5.76 Å². The molecule has 1 heteroatoms. The number of aliphatic hydroxyl groups is 1.